The first kappa shape index (κ1) is 26.5. The molecule has 1 aliphatic heterocycles. The molecular formula is C20H44N4O. The second-order valence-corrected chi connectivity index (χ2v) is 7.06. The Labute approximate surface area is 157 Å². The smallest absolute Gasteiger partial charge is 0.0786 e. The van der Waals surface area contributed by atoms with Crippen LogP contribution in [0.25, 0.3) is 16.0 Å². The van der Waals surface area contributed by atoms with E-state index in [9.17, 15) is 0 Å². The molecule has 0 N–H and O–H groups in total. The van der Waals surface area contributed by atoms with Gasteiger partial charge in [0.2, 0.25) is 0 Å². The van der Waals surface area contributed by atoms with Crippen molar-refractivity contribution >= 4 is 0 Å². The molecule has 0 bridgehead atoms. The van der Waals surface area contributed by atoms with Gasteiger partial charge in [-0.25, -0.2) is 0 Å². The molecule has 0 aliphatic carbocycles. The van der Waals surface area contributed by atoms with E-state index in [1.165, 1.54) is 99.8 Å². The largest absolute Gasteiger partial charge is 0.381 e. The van der Waals surface area contributed by atoms with Crippen LogP contribution in [0, 0.1) is 0 Å². The van der Waals surface area contributed by atoms with Gasteiger partial charge in [0.1, 0.15) is 0 Å². The average molecular weight is 357 g/mol. The molecule has 5 nitrogen and oxygen atoms in total. The highest BCUT2D eigenvalue weighted by molar-refractivity contribution is 4.49. The Hall–Kier alpha value is -0.770. The van der Waals surface area contributed by atoms with E-state index in [0.29, 0.717) is 0 Å². The Balaban J connectivity index is 0. The van der Waals surface area contributed by atoms with Crippen molar-refractivity contribution in [1.82, 2.24) is 0 Å². The summed E-state index contributed by atoms with van der Waals surface area (Å²) in [5.41, 5.74) is 13.5. The third-order valence-corrected chi connectivity index (χ3v) is 4.77. The van der Waals surface area contributed by atoms with Crippen molar-refractivity contribution in [3.63, 3.8) is 0 Å². The number of quaternary nitrogens is 1. The Bertz CT molecular complexity index is 242. The molecule has 0 aromatic heterocycles. The van der Waals surface area contributed by atoms with Gasteiger partial charge in [-0.15, -0.1) is 0 Å². The number of ether oxygens (including phenoxy) is 1. The molecule has 1 saturated heterocycles. The van der Waals surface area contributed by atoms with Crippen LogP contribution in [0.15, 0.2) is 0 Å². The minimum Gasteiger partial charge on any atom is -0.381 e. The summed E-state index contributed by atoms with van der Waals surface area (Å²) in [6.45, 7) is 17.0. The zero-order chi connectivity index (χ0) is 19.2. The van der Waals surface area contributed by atoms with Gasteiger partial charge in [-0.1, -0.05) is 53.4 Å². The Kier molecular flexibility index (Phi) is 22.5. The fourth-order valence-corrected chi connectivity index (χ4v) is 3.16. The monoisotopic (exact) mass is 356 g/mol. The second-order valence-electron chi connectivity index (χ2n) is 7.06. The molecule has 0 unspecified atom stereocenters. The van der Waals surface area contributed by atoms with E-state index >= 15 is 0 Å². The Morgan fingerprint density at radius 1 is 0.680 bits per heavy atom. The van der Waals surface area contributed by atoms with E-state index in [1.54, 1.807) is 0 Å². The number of nitrogens with zero attached hydrogens (tertiary/aromatic N) is 4. The van der Waals surface area contributed by atoms with Crippen molar-refractivity contribution in [1.29, 1.82) is 0 Å². The first-order chi connectivity index (χ1) is 12.2. The maximum absolute atomic E-state index is 6.75. The predicted octanol–water partition coefficient (Wildman–Crippen LogP) is 6.67. The van der Waals surface area contributed by atoms with Crippen molar-refractivity contribution in [3.05, 3.63) is 16.0 Å². The minimum absolute atomic E-state index is 1.00. The van der Waals surface area contributed by atoms with E-state index in [1.807, 2.05) is 0 Å². The van der Waals surface area contributed by atoms with Crippen LogP contribution < -0.4 is 0 Å². The predicted molar refractivity (Wildman–Crippen MR) is 109 cm³/mol. The van der Waals surface area contributed by atoms with Crippen LogP contribution in [0.5, 0.6) is 0 Å². The summed E-state index contributed by atoms with van der Waals surface area (Å²) in [7, 11) is 0. The summed E-state index contributed by atoms with van der Waals surface area (Å²) in [5, 5.41) is 0. The van der Waals surface area contributed by atoms with Gasteiger partial charge in [-0.05, 0) is 38.5 Å². The molecule has 0 aromatic carbocycles. The van der Waals surface area contributed by atoms with Gasteiger partial charge in [0.25, 0.3) is 0 Å². The van der Waals surface area contributed by atoms with Gasteiger partial charge >= 0.3 is 0 Å². The van der Waals surface area contributed by atoms with Gasteiger partial charge in [0.15, 0.2) is 0 Å². The van der Waals surface area contributed by atoms with Gasteiger partial charge in [-0.2, -0.15) is 0 Å². The zero-order valence-electron chi connectivity index (χ0n) is 17.5. The van der Waals surface area contributed by atoms with Gasteiger partial charge < -0.3 is 20.3 Å². The molecule has 0 radical (unpaired) electrons. The molecule has 0 spiro atoms. The summed E-state index contributed by atoms with van der Waals surface area (Å²) < 4.78 is 6.36. The van der Waals surface area contributed by atoms with Gasteiger partial charge in [0, 0.05) is 13.2 Å². The fourth-order valence-electron chi connectivity index (χ4n) is 3.16. The summed E-state index contributed by atoms with van der Waals surface area (Å²) >= 11 is 0. The van der Waals surface area contributed by atoms with Crippen molar-refractivity contribution in [3.8, 4) is 0 Å². The van der Waals surface area contributed by atoms with Crippen LogP contribution in [0.2, 0.25) is 0 Å². The molecule has 25 heavy (non-hydrogen) atoms. The summed E-state index contributed by atoms with van der Waals surface area (Å²) in [6, 6.07) is 0. The lowest BCUT2D eigenvalue weighted by atomic mass is 10.1. The quantitative estimate of drug-likeness (QED) is 0.167. The summed E-state index contributed by atoms with van der Waals surface area (Å²) in [5.74, 6) is 0. The maximum Gasteiger partial charge on any atom is 0.0786 e. The highest BCUT2D eigenvalue weighted by Gasteiger charge is 2.24. The SMILES string of the molecule is C1CCOC1.CCCC[N+](CCCC)(CCCC)CCCC.[N-]=[N+]=[N-]. The molecule has 0 amide bonds. The molecule has 0 atom stereocenters. The third-order valence-electron chi connectivity index (χ3n) is 4.77. The van der Waals surface area contributed by atoms with Crippen LogP contribution in [0.4, 0.5) is 0 Å². The van der Waals surface area contributed by atoms with Crippen molar-refractivity contribution in [2.75, 3.05) is 39.4 Å². The molecule has 1 fully saturated rings. The molecule has 5 heteroatoms. The van der Waals surface area contributed by atoms with E-state index in [4.69, 9.17) is 15.8 Å². The Morgan fingerprint density at radius 3 is 1.12 bits per heavy atom. The molecule has 150 valence electrons. The second kappa shape index (κ2) is 21.3. The fraction of sp³-hybridized carbons (Fsp3) is 1.00. The van der Waals surface area contributed by atoms with E-state index < -0.39 is 0 Å². The van der Waals surface area contributed by atoms with E-state index in [2.05, 4.69) is 27.7 Å². The van der Waals surface area contributed by atoms with Crippen LogP contribution in [0.1, 0.15) is 91.9 Å². The van der Waals surface area contributed by atoms with Crippen LogP contribution >= 0.6 is 0 Å². The molecular weight excluding hydrogens is 312 g/mol. The normalized spacial score (nSPS) is 13.3. The highest BCUT2D eigenvalue weighted by Crippen LogP contribution is 2.16. The minimum atomic E-state index is 1.00. The lowest BCUT2D eigenvalue weighted by Crippen LogP contribution is -2.50. The van der Waals surface area contributed by atoms with E-state index in [0.717, 1.165) is 13.2 Å². The van der Waals surface area contributed by atoms with Gasteiger partial charge in [-0.3, -0.25) is 4.91 Å². The van der Waals surface area contributed by atoms with E-state index in [-0.39, 0.29) is 0 Å². The standard InChI is InChI=1S/C16H36N.C4H8O.N3/c1-5-9-13-17(14-10-6-2,15-11-7-3)16-12-8-4;1-2-4-5-3-1;1-3-2/h5-16H2,1-4H3;1-4H2;/q+1;;-1. The van der Waals surface area contributed by atoms with Crippen molar-refractivity contribution in [2.45, 2.75) is 91.9 Å². The molecule has 1 rings (SSSR count). The summed E-state index contributed by atoms with van der Waals surface area (Å²) in [6.07, 6.45) is 13.6. The van der Waals surface area contributed by atoms with Gasteiger partial charge in [0.05, 0.1) is 26.2 Å². The Morgan fingerprint density at radius 2 is 0.960 bits per heavy atom. The molecule has 0 aromatic rings. The average Bonchev–Trinajstić information content (AvgIpc) is 3.21. The number of unbranched alkanes of at least 4 members (excludes halogenated alkanes) is 4. The van der Waals surface area contributed by atoms with Crippen LogP contribution in [-0.4, -0.2) is 43.9 Å². The lowest BCUT2D eigenvalue weighted by molar-refractivity contribution is -0.929. The zero-order valence-corrected chi connectivity index (χ0v) is 17.5. The first-order valence-corrected chi connectivity index (χ1v) is 10.6. The third kappa shape index (κ3) is 17.8. The molecule has 1 aliphatic rings. The molecule has 1 heterocycles. The summed E-state index contributed by atoms with van der Waals surface area (Å²) in [4.78, 5) is 1.50. The number of hydrogen-bond acceptors (Lipinski definition) is 1. The topological polar surface area (TPSA) is 67.9 Å². The van der Waals surface area contributed by atoms with Crippen molar-refractivity contribution in [2.24, 2.45) is 0 Å². The van der Waals surface area contributed by atoms with Crippen molar-refractivity contribution < 1.29 is 9.22 Å². The van der Waals surface area contributed by atoms with Crippen LogP contribution in [-0.2, 0) is 4.74 Å². The molecule has 0 saturated carbocycles. The first-order valence-electron chi connectivity index (χ1n) is 10.6. The number of hydrogen-bond donors (Lipinski definition) is 0. The highest BCUT2D eigenvalue weighted by atomic mass is 16.5. The number of rotatable bonds is 12. The lowest BCUT2D eigenvalue weighted by Gasteiger charge is -2.39. The van der Waals surface area contributed by atoms with Crippen LogP contribution in [0.3, 0.4) is 0 Å². The maximum atomic E-state index is 6.75.